The third-order valence-electron chi connectivity index (χ3n) is 5.37. The summed E-state index contributed by atoms with van der Waals surface area (Å²) >= 11 is 0. The molecule has 8 nitrogen and oxygen atoms in total. The molecule has 0 aliphatic carbocycles. The summed E-state index contributed by atoms with van der Waals surface area (Å²) in [4.78, 5) is 43.6. The highest BCUT2D eigenvalue weighted by Crippen LogP contribution is 2.30. The number of hydrogen-bond acceptors (Lipinski definition) is 5. The van der Waals surface area contributed by atoms with Gasteiger partial charge in [-0.1, -0.05) is 18.2 Å². The van der Waals surface area contributed by atoms with E-state index in [1.165, 1.54) is 0 Å². The molecule has 4 amide bonds. The van der Waals surface area contributed by atoms with Crippen LogP contribution < -0.4 is 15.4 Å². The SMILES string of the molecule is COc1ccc([C@@]2(C)NC(=O)N(CC(=O)Nc3cc(C)cc4cccnc34)C2=O)cc1. The number of carbonyl (C=O) groups excluding carboxylic acids is 3. The minimum atomic E-state index is -1.26. The van der Waals surface area contributed by atoms with Crippen LogP contribution >= 0.6 is 0 Å². The van der Waals surface area contributed by atoms with Crippen molar-refractivity contribution in [2.75, 3.05) is 19.0 Å². The fraction of sp³-hybridized carbons (Fsp3) is 0.217. The maximum Gasteiger partial charge on any atom is 0.325 e. The van der Waals surface area contributed by atoms with Gasteiger partial charge in [0.05, 0.1) is 18.3 Å². The van der Waals surface area contributed by atoms with E-state index in [1.54, 1.807) is 50.6 Å². The lowest BCUT2D eigenvalue weighted by molar-refractivity contribution is -0.133. The third-order valence-corrected chi connectivity index (χ3v) is 5.37. The summed E-state index contributed by atoms with van der Waals surface area (Å²) in [5.74, 6) is -0.343. The summed E-state index contributed by atoms with van der Waals surface area (Å²) in [6.45, 7) is 3.13. The Balaban J connectivity index is 1.54. The highest BCUT2D eigenvalue weighted by atomic mass is 16.5. The van der Waals surface area contributed by atoms with Gasteiger partial charge in [0.2, 0.25) is 5.91 Å². The molecule has 2 N–H and O–H groups in total. The van der Waals surface area contributed by atoms with Crippen LogP contribution in [0.4, 0.5) is 10.5 Å². The first kappa shape index (κ1) is 20.3. The molecule has 0 bridgehead atoms. The highest BCUT2D eigenvalue weighted by molar-refractivity contribution is 6.11. The average Bonchev–Trinajstić information content (AvgIpc) is 2.97. The summed E-state index contributed by atoms with van der Waals surface area (Å²) in [6, 6.07) is 13.7. The number of pyridine rings is 1. The van der Waals surface area contributed by atoms with E-state index in [0.29, 0.717) is 22.5 Å². The van der Waals surface area contributed by atoms with E-state index in [0.717, 1.165) is 15.8 Å². The number of methoxy groups -OCH3 is 1. The second-order valence-electron chi connectivity index (χ2n) is 7.61. The van der Waals surface area contributed by atoms with Gasteiger partial charge in [-0.3, -0.25) is 19.5 Å². The lowest BCUT2D eigenvalue weighted by Gasteiger charge is -2.22. The van der Waals surface area contributed by atoms with E-state index in [-0.39, 0.29) is 0 Å². The molecule has 1 aromatic heterocycles. The first-order chi connectivity index (χ1) is 14.8. The molecular weight excluding hydrogens is 396 g/mol. The molecular formula is C23H22N4O4. The van der Waals surface area contributed by atoms with Crippen LogP contribution in [0.3, 0.4) is 0 Å². The van der Waals surface area contributed by atoms with Crippen molar-refractivity contribution < 1.29 is 19.1 Å². The number of ether oxygens (including phenoxy) is 1. The van der Waals surface area contributed by atoms with E-state index in [4.69, 9.17) is 4.74 Å². The van der Waals surface area contributed by atoms with Gasteiger partial charge >= 0.3 is 6.03 Å². The Bertz CT molecular complexity index is 1190. The topological polar surface area (TPSA) is 101 Å². The molecule has 0 saturated carbocycles. The number of anilines is 1. The molecule has 2 aromatic carbocycles. The molecule has 1 aliphatic heterocycles. The standard InChI is InChI=1S/C23H22N4O4/c1-14-11-15-5-4-10-24-20(15)18(12-14)25-19(28)13-27-21(29)23(2,26-22(27)30)16-6-8-17(31-3)9-7-16/h4-12H,13H2,1-3H3,(H,25,28)(H,26,30)/t23-/m1/s1. The van der Waals surface area contributed by atoms with Crippen molar-refractivity contribution in [1.82, 2.24) is 15.2 Å². The minimum absolute atomic E-state index is 0.404. The van der Waals surface area contributed by atoms with Gasteiger partial charge in [0.1, 0.15) is 17.8 Å². The van der Waals surface area contributed by atoms with Gasteiger partial charge in [-0.05, 0) is 55.3 Å². The number of nitrogens with one attached hydrogen (secondary N) is 2. The van der Waals surface area contributed by atoms with E-state index in [9.17, 15) is 14.4 Å². The van der Waals surface area contributed by atoms with Gasteiger partial charge in [-0.15, -0.1) is 0 Å². The lowest BCUT2D eigenvalue weighted by atomic mass is 9.92. The predicted molar refractivity (Wildman–Crippen MR) is 116 cm³/mol. The average molecular weight is 418 g/mol. The van der Waals surface area contributed by atoms with Gasteiger partial charge in [0.25, 0.3) is 5.91 Å². The van der Waals surface area contributed by atoms with Crippen molar-refractivity contribution in [3.63, 3.8) is 0 Å². The monoisotopic (exact) mass is 418 g/mol. The Hall–Kier alpha value is -3.94. The summed E-state index contributed by atoms with van der Waals surface area (Å²) in [7, 11) is 1.55. The second-order valence-corrected chi connectivity index (χ2v) is 7.61. The van der Waals surface area contributed by atoms with Gasteiger partial charge in [-0.25, -0.2) is 4.79 Å². The number of amides is 4. The van der Waals surface area contributed by atoms with Crippen molar-refractivity contribution in [2.45, 2.75) is 19.4 Å². The molecule has 2 heterocycles. The van der Waals surface area contributed by atoms with Crippen molar-refractivity contribution in [3.05, 3.63) is 65.9 Å². The number of benzene rings is 2. The normalized spacial score (nSPS) is 18.2. The number of carbonyl (C=O) groups is 3. The number of nitrogens with zero attached hydrogens (tertiary/aromatic N) is 2. The zero-order valence-corrected chi connectivity index (χ0v) is 17.4. The van der Waals surface area contributed by atoms with E-state index >= 15 is 0 Å². The van der Waals surface area contributed by atoms with Crippen molar-refractivity contribution >= 4 is 34.4 Å². The van der Waals surface area contributed by atoms with Crippen LogP contribution in [0.2, 0.25) is 0 Å². The first-order valence-electron chi connectivity index (χ1n) is 9.75. The van der Waals surface area contributed by atoms with Crippen LogP contribution in [-0.2, 0) is 15.1 Å². The molecule has 0 unspecified atom stereocenters. The second kappa shape index (κ2) is 7.71. The maximum absolute atomic E-state index is 13.1. The summed E-state index contributed by atoms with van der Waals surface area (Å²) in [5, 5.41) is 6.37. The highest BCUT2D eigenvalue weighted by Gasteiger charge is 2.49. The fourth-order valence-corrected chi connectivity index (χ4v) is 3.73. The summed E-state index contributed by atoms with van der Waals surface area (Å²) < 4.78 is 5.14. The lowest BCUT2D eigenvalue weighted by Crippen LogP contribution is -2.42. The maximum atomic E-state index is 13.1. The Labute approximate surface area is 179 Å². The van der Waals surface area contributed by atoms with Gasteiger partial charge in [0.15, 0.2) is 0 Å². The van der Waals surface area contributed by atoms with E-state index in [2.05, 4.69) is 15.6 Å². The molecule has 158 valence electrons. The van der Waals surface area contributed by atoms with Crippen LogP contribution in [0, 0.1) is 6.92 Å². The Kier molecular flexibility index (Phi) is 5.06. The Morgan fingerprint density at radius 2 is 1.94 bits per heavy atom. The third kappa shape index (κ3) is 3.68. The quantitative estimate of drug-likeness (QED) is 0.621. The molecule has 31 heavy (non-hydrogen) atoms. The molecule has 1 aliphatic rings. The van der Waals surface area contributed by atoms with Crippen molar-refractivity contribution in [3.8, 4) is 5.75 Å². The smallest absolute Gasteiger partial charge is 0.325 e. The van der Waals surface area contributed by atoms with Crippen LogP contribution in [0.15, 0.2) is 54.7 Å². The fourth-order valence-electron chi connectivity index (χ4n) is 3.73. The van der Waals surface area contributed by atoms with Crippen LogP contribution in [0.25, 0.3) is 10.9 Å². The zero-order valence-electron chi connectivity index (χ0n) is 17.4. The van der Waals surface area contributed by atoms with Crippen molar-refractivity contribution in [2.24, 2.45) is 0 Å². The van der Waals surface area contributed by atoms with E-state index < -0.39 is 29.9 Å². The van der Waals surface area contributed by atoms with Crippen LogP contribution in [0.1, 0.15) is 18.1 Å². The molecule has 1 fully saturated rings. The number of urea groups is 1. The number of hydrogen-bond donors (Lipinski definition) is 2. The number of imide groups is 1. The van der Waals surface area contributed by atoms with Crippen molar-refractivity contribution in [1.29, 1.82) is 0 Å². The summed E-state index contributed by atoms with van der Waals surface area (Å²) in [6.07, 6.45) is 1.64. The molecule has 8 heteroatoms. The Morgan fingerprint density at radius 1 is 1.19 bits per heavy atom. The number of aryl methyl sites for hydroxylation is 1. The zero-order chi connectivity index (χ0) is 22.2. The van der Waals surface area contributed by atoms with Crippen LogP contribution in [-0.4, -0.2) is 41.4 Å². The predicted octanol–water partition coefficient (Wildman–Crippen LogP) is 2.96. The number of rotatable bonds is 5. The van der Waals surface area contributed by atoms with Gasteiger partial charge in [-0.2, -0.15) is 0 Å². The molecule has 0 spiro atoms. The largest absolute Gasteiger partial charge is 0.497 e. The number of fused-ring (bicyclic) bond motifs is 1. The molecule has 1 atom stereocenters. The molecule has 1 saturated heterocycles. The van der Waals surface area contributed by atoms with Gasteiger partial charge < -0.3 is 15.4 Å². The van der Waals surface area contributed by atoms with Gasteiger partial charge in [0, 0.05) is 11.6 Å². The Morgan fingerprint density at radius 3 is 2.65 bits per heavy atom. The van der Waals surface area contributed by atoms with Crippen LogP contribution in [0.5, 0.6) is 5.75 Å². The number of aromatic nitrogens is 1. The van der Waals surface area contributed by atoms with E-state index in [1.807, 2.05) is 25.1 Å². The molecule has 3 aromatic rings. The minimum Gasteiger partial charge on any atom is -0.497 e. The molecule has 4 rings (SSSR count). The first-order valence-corrected chi connectivity index (χ1v) is 9.75. The molecule has 0 radical (unpaired) electrons. The summed E-state index contributed by atoms with van der Waals surface area (Å²) in [5.41, 5.74) is 1.47.